The largest absolute Gasteiger partial charge is 0.348 e. The van der Waals surface area contributed by atoms with Gasteiger partial charge in [-0.1, -0.05) is 0 Å². The van der Waals surface area contributed by atoms with E-state index in [1.807, 2.05) is 0 Å². The number of nitrogens with zero attached hydrogens (tertiary/aromatic N) is 3. The molecule has 2 aromatic rings. The van der Waals surface area contributed by atoms with Crippen LogP contribution in [0.5, 0.6) is 0 Å². The van der Waals surface area contributed by atoms with Gasteiger partial charge in [-0.15, -0.1) is 0 Å². The van der Waals surface area contributed by atoms with E-state index in [4.69, 9.17) is 16.0 Å². The van der Waals surface area contributed by atoms with Gasteiger partial charge in [-0.05, 0) is 12.1 Å². The summed E-state index contributed by atoms with van der Waals surface area (Å²) < 4.78 is 12.2. The normalized spacial score (nSPS) is 15.7. The second kappa shape index (κ2) is 4.80. The van der Waals surface area contributed by atoms with Crippen molar-refractivity contribution in [2.45, 2.75) is 12.8 Å². The number of pyridine rings is 2. The van der Waals surface area contributed by atoms with Gasteiger partial charge in [-0.2, -0.15) is 0 Å². The number of rotatable bonds is 2. The number of hydrogen-bond donors (Lipinski definition) is 0. The van der Waals surface area contributed by atoms with Gasteiger partial charge in [0.2, 0.25) is 5.69 Å². The summed E-state index contributed by atoms with van der Waals surface area (Å²) in [6.07, 6.45) is 1.08. The molecule has 0 saturated carbocycles. The highest BCUT2D eigenvalue weighted by Gasteiger charge is 2.18. The Labute approximate surface area is 109 Å². The van der Waals surface area contributed by atoms with Crippen molar-refractivity contribution >= 4 is 16.7 Å². The summed E-state index contributed by atoms with van der Waals surface area (Å²) in [6.45, 7) is 8.40. The van der Waals surface area contributed by atoms with E-state index in [1.165, 1.54) is 16.8 Å². The van der Waals surface area contributed by atoms with Crippen LogP contribution in [-0.2, 0) is 16.0 Å². The summed E-state index contributed by atoms with van der Waals surface area (Å²) >= 11 is 0. The van der Waals surface area contributed by atoms with Gasteiger partial charge in [0.25, 0.3) is 5.56 Å². The van der Waals surface area contributed by atoms with Crippen LogP contribution >= 0.6 is 0 Å². The predicted octanol–water partition coefficient (Wildman–Crippen LogP) is 1.32. The zero-order valence-corrected chi connectivity index (χ0v) is 10.1. The van der Waals surface area contributed by atoms with Crippen LogP contribution in [0.15, 0.2) is 29.2 Å². The first-order valence-electron chi connectivity index (χ1n) is 5.88. The Morgan fingerprint density at radius 2 is 2.21 bits per heavy atom. The minimum absolute atomic E-state index is 0.157. The Kier molecular flexibility index (Phi) is 2.99. The zero-order chi connectivity index (χ0) is 13.2. The van der Waals surface area contributed by atoms with Crippen molar-refractivity contribution in [2.24, 2.45) is 0 Å². The van der Waals surface area contributed by atoms with Crippen LogP contribution in [0, 0.1) is 6.57 Å². The molecule has 1 aliphatic rings. The molecule has 0 bridgehead atoms. The summed E-state index contributed by atoms with van der Waals surface area (Å²) in [5, 5.41) is 0. The second-order valence-electron chi connectivity index (χ2n) is 4.16. The summed E-state index contributed by atoms with van der Waals surface area (Å²) in [4.78, 5) is 19.5. The van der Waals surface area contributed by atoms with Crippen molar-refractivity contribution in [3.8, 4) is 0 Å². The molecule has 2 aromatic heterocycles. The van der Waals surface area contributed by atoms with Gasteiger partial charge in [-0.3, -0.25) is 9.78 Å². The minimum Gasteiger partial charge on any atom is -0.348 e. The molecule has 6 nitrogen and oxygen atoms in total. The molecular formula is C13H11N3O3. The Hall–Kier alpha value is -2.23. The number of aromatic nitrogens is 2. The van der Waals surface area contributed by atoms with Crippen molar-refractivity contribution in [3.63, 3.8) is 0 Å². The van der Waals surface area contributed by atoms with Crippen molar-refractivity contribution in [3.05, 3.63) is 46.2 Å². The average Bonchev–Trinajstić information content (AvgIpc) is 2.94. The van der Waals surface area contributed by atoms with Gasteiger partial charge >= 0.3 is 0 Å². The molecule has 6 heteroatoms. The first-order valence-corrected chi connectivity index (χ1v) is 5.88. The van der Waals surface area contributed by atoms with E-state index in [9.17, 15) is 4.79 Å². The molecule has 0 radical (unpaired) electrons. The molecule has 0 amide bonds. The van der Waals surface area contributed by atoms with Gasteiger partial charge in [0.15, 0.2) is 6.29 Å². The minimum atomic E-state index is -0.417. The topological polar surface area (TPSA) is 57.7 Å². The molecular weight excluding hydrogens is 246 g/mol. The molecule has 0 unspecified atom stereocenters. The van der Waals surface area contributed by atoms with E-state index in [0.717, 1.165) is 0 Å². The molecule has 0 N–H and O–H groups in total. The van der Waals surface area contributed by atoms with Crippen LogP contribution in [0.4, 0.5) is 5.69 Å². The van der Waals surface area contributed by atoms with Crippen LogP contribution in [0.1, 0.15) is 0 Å². The molecule has 0 aromatic carbocycles. The van der Waals surface area contributed by atoms with E-state index in [1.54, 1.807) is 12.1 Å². The maximum absolute atomic E-state index is 12.0. The smallest absolute Gasteiger partial charge is 0.251 e. The Bertz CT molecular complexity index is 711. The average molecular weight is 257 g/mol. The van der Waals surface area contributed by atoms with Crippen molar-refractivity contribution in [1.82, 2.24) is 9.55 Å². The fourth-order valence-corrected chi connectivity index (χ4v) is 2.07. The lowest BCUT2D eigenvalue weighted by molar-refractivity contribution is -0.0522. The van der Waals surface area contributed by atoms with Crippen LogP contribution in [-0.4, -0.2) is 29.1 Å². The van der Waals surface area contributed by atoms with E-state index in [-0.39, 0.29) is 5.56 Å². The summed E-state index contributed by atoms with van der Waals surface area (Å²) in [5.41, 5.74) is 1.54. The lowest BCUT2D eigenvalue weighted by Gasteiger charge is -2.13. The molecule has 1 fully saturated rings. The Morgan fingerprint density at radius 3 is 2.95 bits per heavy atom. The van der Waals surface area contributed by atoms with E-state index in [2.05, 4.69) is 9.83 Å². The van der Waals surface area contributed by atoms with Crippen LogP contribution in [0.3, 0.4) is 0 Å². The van der Waals surface area contributed by atoms with E-state index in [0.29, 0.717) is 36.5 Å². The Morgan fingerprint density at radius 1 is 1.42 bits per heavy atom. The molecule has 1 saturated heterocycles. The van der Waals surface area contributed by atoms with Gasteiger partial charge in [0, 0.05) is 12.3 Å². The molecule has 0 atom stereocenters. The highest BCUT2D eigenvalue weighted by molar-refractivity contribution is 5.78. The zero-order valence-electron chi connectivity index (χ0n) is 10.1. The fourth-order valence-electron chi connectivity index (χ4n) is 2.07. The molecule has 0 spiro atoms. The highest BCUT2D eigenvalue weighted by Crippen LogP contribution is 2.18. The second-order valence-corrected chi connectivity index (χ2v) is 4.16. The molecule has 0 aliphatic carbocycles. The van der Waals surface area contributed by atoms with Gasteiger partial charge < -0.3 is 14.0 Å². The Balaban J connectivity index is 2.12. The molecule has 3 rings (SSSR count). The first kappa shape index (κ1) is 11.8. The van der Waals surface area contributed by atoms with E-state index < -0.39 is 6.29 Å². The fraction of sp³-hybridized carbons (Fsp3) is 0.308. The third-order valence-electron chi connectivity index (χ3n) is 2.98. The quantitative estimate of drug-likeness (QED) is 0.761. The summed E-state index contributed by atoms with van der Waals surface area (Å²) in [5.74, 6) is 0. The van der Waals surface area contributed by atoms with Gasteiger partial charge in [0.05, 0.1) is 37.4 Å². The van der Waals surface area contributed by atoms with Crippen LogP contribution in [0.2, 0.25) is 0 Å². The van der Waals surface area contributed by atoms with Gasteiger partial charge in [0.1, 0.15) is 0 Å². The van der Waals surface area contributed by atoms with Crippen molar-refractivity contribution in [1.29, 1.82) is 0 Å². The van der Waals surface area contributed by atoms with Crippen LogP contribution in [0.25, 0.3) is 15.9 Å². The lowest BCUT2D eigenvalue weighted by atomic mass is 10.3. The third-order valence-corrected chi connectivity index (χ3v) is 2.98. The maximum Gasteiger partial charge on any atom is 0.251 e. The summed E-state index contributed by atoms with van der Waals surface area (Å²) in [7, 11) is 0. The number of hydrogen-bond acceptors (Lipinski definition) is 4. The standard InChI is InChI=1S/C13H11N3O3/c1-14-9-6-11-10(15-7-9)2-3-12(17)16(11)8-13-18-4-5-19-13/h2-3,6-7,13H,4-5,8H2. The predicted molar refractivity (Wildman–Crippen MR) is 68.0 cm³/mol. The molecule has 1 aliphatic heterocycles. The summed E-state index contributed by atoms with van der Waals surface area (Å²) in [6, 6.07) is 4.77. The number of ether oxygens (including phenoxy) is 2. The number of fused-ring (bicyclic) bond motifs is 1. The first-order chi connectivity index (χ1) is 9.28. The highest BCUT2D eigenvalue weighted by atomic mass is 16.7. The molecule has 96 valence electrons. The lowest BCUT2D eigenvalue weighted by Crippen LogP contribution is -2.27. The molecule has 19 heavy (non-hydrogen) atoms. The van der Waals surface area contributed by atoms with Crippen LogP contribution < -0.4 is 5.56 Å². The van der Waals surface area contributed by atoms with Crippen molar-refractivity contribution in [2.75, 3.05) is 13.2 Å². The van der Waals surface area contributed by atoms with E-state index >= 15 is 0 Å². The third kappa shape index (κ3) is 2.21. The monoisotopic (exact) mass is 257 g/mol. The van der Waals surface area contributed by atoms with Gasteiger partial charge in [-0.25, -0.2) is 4.85 Å². The SMILES string of the molecule is [C-]#[N+]c1cnc2ccc(=O)n(CC3OCCO3)c2c1. The van der Waals surface area contributed by atoms with Crippen molar-refractivity contribution < 1.29 is 9.47 Å². The maximum atomic E-state index is 12.0. The molecule has 3 heterocycles.